The van der Waals surface area contributed by atoms with Crippen molar-refractivity contribution in [1.29, 1.82) is 0 Å². The Balaban J connectivity index is 4.25. The number of nitrogens with two attached hydrogens (primary N) is 1. The molecular weight excluding hydrogens is 185 g/mol. The van der Waals surface area contributed by atoms with Crippen LogP contribution in [0.1, 0.15) is 6.92 Å². The maximum Gasteiger partial charge on any atom is 0.241 e. The van der Waals surface area contributed by atoms with E-state index in [1.807, 2.05) is 0 Å². The summed E-state index contributed by atoms with van der Waals surface area (Å²) in [5.41, 5.74) is 7.33. The molecule has 0 rings (SSSR count). The molecule has 4 N–H and O–H groups in total. The smallest absolute Gasteiger partial charge is 0.241 e. The third kappa shape index (κ3) is 4.89. The lowest BCUT2D eigenvalue weighted by atomic mass is 10.9. The molecule has 64 valence electrons. The molecule has 0 amide bonds. The maximum atomic E-state index is 10.8. The molecule has 5 nitrogen and oxygen atoms in total. The van der Waals surface area contributed by atoms with Crippen LogP contribution < -0.4 is 11.2 Å². The Bertz CT molecular complexity index is 233. The normalized spacial score (nSPS) is 17.2. The summed E-state index contributed by atoms with van der Waals surface area (Å²) in [6, 6.07) is 0. The Morgan fingerprint density at radius 1 is 1.82 bits per heavy atom. The Labute approximate surface area is 70.1 Å². The van der Waals surface area contributed by atoms with Crippen LogP contribution >= 0.6 is 19.6 Å². The first-order chi connectivity index (χ1) is 4.84. The highest BCUT2D eigenvalue weighted by molar-refractivity contribution is 7.80. The second-order valence-electron chi connectivity index (χ2n) is 2.01. The van der Waals surface area contributed by atoms with Crippen LogP contribution in [0.15, 0.2) is 5.10 Å². The molecule has 0 fully saturated rings. The van der Waals surface area contributed by atoms with E-state index in [4.69, 9.17) is 10.6 Å². The molecule has 11 heavy (non-hydrogen) atoms. The lowest BCUT2D eigenvalue weighted by Crippen LogP contribution is -2.25. The molecule has 0 saturated carbocycles. The van der Waals surface area contributed by atoms with Crippen molar-refractivity contribution in [3.63, 3.8) is 0 Å². The van der Waals surface area contributed by atoms with Crippen molar-refractivity contribution in [3.8, 4) is 0 Å². The van der Waals surface area contributed by atoms with Crippen molar-refractivity contribution < 1.29 is 9.46 Å². The van der Waals surface area contributed by atoms with E-state index in [0.29, 0.717) is 0 Å². The number of hydrogen-bond donors (Lipinski definition) is 3. The predicted molar refractivity (Wildman–Crippen MR) is 48.8 cm³/mol. The van der Waals surface area contributed by atoms with E-state index in [9.17, 15) is 4.57 Å². The van der Waals surface area contributed by atoms with Crippen LogP contribution in [0.5, 0.6) is 0 Å². The number of thiocarbonyl (C=S) groups is 1. The monoisotopic (exact) mass is 195 g/mol. The topological polar surface area (TPSA) is 87.7 Å². The van der Waals surface area contributed by atoms with E-state index >= 15 is 0 Å². The zero-order valence-electron chi connectivity index (χ0n) is 6.24. The minimum atomic E-state index is -3.24. The Morgan fingerprint density at radius 3 is 2.55 bits per heavy atom. The lowest BCUT2D eigenvalue weighted by Gasteiger charge is -2.03. The maximum absolute atomic E-state index is 10.8. The van der Waals surface area contributed by atoms with Crippen molar-refractivity contribution in [3.05, 3.63) is 0 Å². The number of nitrogens with one attached hydrogen (secondary N) is 1. The predicted octanol–water partition coefficient (Wildman–Crippen LogP) is 0.0532. The second-order valence-corrected chi connectivity index (χ2v) is 4.86. The summed E-state index contributed by atoms with van der Waals surface area (Å²) in [5, 5.41) is 3.45. The van der Waals surface area contributed by atoms with Gasteiger partial charge in [-0.05, 0) is 19.1 Å². The van der Waals surface area contributed by atoms with E-state index in [1.54, 1.807) is 0 Å². The molecule has 0 radical (unpaired) electrons. The van der Waals surface area contributed by atoms with Crippen molar-refractivity contribution in [2.75, 3.05) is 6.66 Å². The largest absolute Gasteiger partial charge is 0.375 e. The number of hydrazone groups is 1. The number of nitrogens with zero attached hydrogens (tertiary/aromatic N) is 1. The van der Waals surface area contributed by atoms with Crippen LogP contribution in [-0.2, 0) is 4.57 Å². The van der Waals surface area contributed by atoms with Gasteiger partial charge in [0.2, 0.25) is 7.37 Å². The Hall–Kier alpha value is -0.450. The number of hydrogen-bond acceptors (Lipinski definition) is 3. The SMILES string of the molecule is CC(=NNC(N)=S)P(C)(=O)O. The summed E-state index contributed by atoms with van der Waals surface area (Å²) in [7, 11) is -3.24. The quantitative estimate of drug-likeness (QED) is 0.251. The van der Waals surface area contributed by atoms with E-state index in [-0.39, 0.29) is 10.6 Å². The minimum Gasteiger partial charge on any atom is -0.375 e. The Kier molecular flexibility index (Phi) is 3.65. The zero-order valence-corrected chi connectivity index (χ0v) is 7.95. The van der Waals surface area contributed by atoms with Gasteiger partial charge in [-0.3, -0.25) is 9.99 Å². The van der Waals surface area contributed by atoms with Gasteiger partial charge >= 0.3 is 0 Å². The molecule has 0 aliphatic rings. The van der Waals surface area contributed by atoms with Crippen molar-refractivity contribution in [2.24, 2.45) is 10.8 Å². The highest BCUT2D eigenvalue weighted by Gasteiger charge is 2.13. The molecule has 0 aromatic rings. The third-order valence-electron chi connectivity index (χ3n) is 0.928. The summed E-state index contributed by atoms with van der Waals surface area (Å²) in [4.78, 5) is 8.90. The fourth-order valence-electron chi connectivity index (χ4n) is 0.229. The van der Waals surface area contributed by atoms with Crippen LogP contribution in [-0.4, -0.2) is 22.1 Å². The molecule has 0 aromatic heterocycles. The summed E-state index contributed by atoms with van der Waals surface area (Å²) in [6.45, 7) is 2.61. The van der Waals surface area contributed by atoms with E-state index in [0.717, 1.165) is 0 Å². The van der Waals surface area contributed by atoms with Gasteiger partial charge in [-0.1, -0.05) is 0 Å². The molecule has 1 atom stereocenters. The van der Waals surface area contributed by atoms with Gasteiger partial charge in [0.1, 0.15) is 5.45 Å². The highest BCUT2D eigenvalue weighted by Crippen LogP contribution is 2.36. The van der Waals surface area contributed by atoms with Gasteiger partial charge in [-0.2, -0.15) is 5.10 Å². The molecule has 0 saturated heterocycles. The summed E-state index contributed by atoms with van der Waals surface area (Å²) >= 11 is 4.43. The summed E-state index contributed by atoms with van der Waals surface area (Å²) in [6.07, 6.45) is 0. The lowest BCUT2D eigenvalue weighted by molar-refractivity contribution is 0.498. The molecule has 7 heteroatoms. The first kappa shape index (κ1) is 10.6. The third-order valence-corrected chi connectivity index (χ3v) is 2.32. The minimum absolute atomic E-state index is 0.0298. The Morgan fingerprint density at radius 2 is 2.27 bits per heavy atom. The van der Waals surface area contributed by atoms with Crippen LogP contribution in [0.2, 0.25) is 0 Å². The fraction of sp³-hybridized carbons (Fsp3) is 0.500. The average Bonchev–Trinajstić information content (AvgIpc) is 1.80. The van der Waals surface area contributed by atoms with Crippen molar-refractivity contribution in [2.45, 2.75) is 6.92 Å². The van der Waals surface area contributed by atoms with Gasteiger partial charge in [-0.15, -0.1) is 0 Å². The van der Waals surface area contributed by atoms with E-state index in [1.165, 1.54) is 13.6 Å². The van der Waals surface area contributed by atoms with Gasteiger partial charge in [0.05, 0.1) is 0 Å². The van der Waals surface area contributed by atoms with Gasteiger partial charge in [0, 0.05) is 6.66 Å². The molecule has 0 bridgehead atoms. The zero-order chi connectivity index (χ0) is 9.07. The van der Waals surface area contributed by atoms with Crippen LogP contribution in [0, 0.1) is 0 Å². The fourth-order valence-corrected chi connectivity index (χ4v) is 0.510. The average molecular weight is 195 g/mol. The standard InChI is InChI=1S/C4H10N3O2PS/c1-3(10(2,8)9)6-7-4(5)11/h1-2H3,(H,8,9)(H3,5,7,11). The van der Waals surface area contributed by atoms with Gasteiger partial charge in [0.15, 0.2) is 5.11 Å². The van der Waals surface area contributed by atoms with Crippen LogP contribution in [0.25, 0.3) is 0 Å². The molecule has 0 aromatic carbocycles. The summed E-state index contributed by atoms with van der Waals surface area (Å²) < 4.78 is 10.8. The van der Waals surface area contributed by atoms with Gasteiger partial charge in [0.25, 0.3) is 0 Å². The molecule has 0 spiro atoms. The molecule has 0 aliphatic heterocycles. The summed E-state index contributed by atoms with van der Waals surface area (Å²) in [5.74, 6) is 0. The van der Waals surface area contributed by atoms with Gasteiger partial charge in [-0.25, -0.2) is 0 Å². The molecule has 0 aliphatic carbocycles. The first-order valence-corrected chi connectivity index (χ1v) is 5.26. The molecule has 1 unspecified atom stereocenters. The first-order valence-electron chi connectivity index (χ1n) is 2.74. The van der Waals surface area contributed by atoms with Gasteiger partial charge < -0.3 is 10.6 Å². The van der Waals surface area contributed by atoms with Crippen molar-refractivity contribution in [1.82, 2.24) is 5.43 Å². The van der Waals surface area contributed by atoms with E-state index < -0.39 is 7.37 Å². The van der Waals surface area contributed by atoms with E-state index in [2.05, 4.69) is 22.7 Å². The highest BCUT2D eigenvalue weighted by atomic mass is 32.1. The van der Waals surface area contributed by atoms with Crippen LogP contribution in [0.4, 0.5) is 0 Å². The molecular formula is C4H10N3O2PS. The second kappa shape index (κ2) is 3.80. The van der Waals surface area contributed by atoms with Crippen LogP contribution in [0.3, 0.4) is 0 Å². The van der Waals surface area contributed by atoms with Crippen molar-refractivity contribution >= 4 is 30.2 Å². The molecule has 0 heterocycles. The number of rotatable bonds is 2.